The molecule has 9 nitrogen and oxygen atoms in total. The fourth-order valence-corrected chi connectivity index (χ4v) is 3.44. The second-order valence-electron chi connectivity index (χ2n) is 6.38. The van der Waals surface area contributed by atoms with Crippen molar-refractivity contribution in [3.05, 3.63) is 33.4 Å². The molecule has 0 aromatic rings. The van der Waals surface area contributed by atoms with E-state index in [0.29, 0.717) is 37.7 Å². The van der Waals surface area contributed by atoms with Gasteiger partial charge in [0.2, 0.25) is 5.76 Å². The number of hydrogen-bond acceptors (Lipinski definition) is 8. The van der Waals surface area contributed by atoms with E-state index in [2.05, 4.69) is 15.2 Å². The van der Waals surface area contributed by atoms with Gasteiger partial charge in [-0.3, -0.25) is 20.0 Å². The molecule has 0 amide bonds. The van der Waals surface area contributed by atoms with Crippen molar-refractivity contribution in [3.63, 3.8) is 0 Å². The lowest BCUT2D eigenvalue weighted by molar-refractivity contribution is -0.434. The fraction of sp³-hybridized carbons (Fsp3) is 0.706. The summed E-state index contributed by atoms with van der Waals surface area (Å²) in [7, 11) is 1.44. The molecule has 1 atom stereocenters. The highest BCUT2D eigenvalue weighted by Crippen LogP contribution is 2.32. The van der Waals surface area contributed by atoms with Gasteiger partial charge in [0.05, 0.1) is 38.4 Å². The Morgan fingerprint density at radius 3 is 2.92 bits per heavy atom. The van der Waals surface area contributed by atoms with E-state index in [9.17, 15) is 10.1 Å². The van der Waals surface area contributed by atoms with E-state index in [4.69, 9.17) is 14.2 Å². The molecule has 3 rings (SSSR count). The highest BCUT2D eigenvalue weighted by Gasteiger charge is 2.39. The Morgan fingerprint density at radius 2 is 2.27 bits per heavy atom. The number of allylic oxidation sites excluding steroid dienone is 1. The van der Waals surface area contributed by atoms with Crippen LogP contribution in [0.3, 0.4) is 0 Å². The smallest absolute Gasteiger partial charge is 0.302 e. The first kappa shape index (κ1) is 18.7. The van der Waals surface area contributed by atoms with Gasteiger partial charge in [-0.25, -0.2) is 0 Å². The molecular weight excluding hydrogens is 340 g/mol. The Morgan fingerprint density at radius 1 is 1.46 bits per heavy atom. The van der Waals surface area contributed by atoms with Crippen molar-refractivity contribution in [2.75, 3.05) is 59.7 Å². The zero-order valence-corrected chi connectivity index (χ0v) is 15.1. The number of nitrogens with one attached hydrogen (secondary N) is 1. The van der Waals surface area contributed by atoms with Crippen LogP contribution in [0.4, 0.5) is 0 Å². The van der Waals surface area contributed by atoms with Crippen molar-refractivity contribution < 1.29 is 19.1 Å². The Kier molecular flexibility index (Phi) is 6.45. The van der Waals surface area contributed by atoms with Crippen LogP contribution in [0, 0.1) is 16.0 Å². The summed E-state index contributed by atoms with van der Waals surface area (Å²) in [6.07, 6.45) is 3.20. The standard InChI is InChI=1S/C17H26N4O5/c1-24-16-14(26-10-2-7-20-8-11-25-12-9-20)4-3-13(15(16)21(22)23)17-18-5-6-19-17/h4,13H,2-3,5-12H2,1H3,(H,18,19). The molecule has 9 heteroatoms. The minimum absolute atomic E-state index is 0.0197. The van der Waals surface area contributed by atoms with E-state index in [0.717, 1.165) is 39.3 Å². The summed E-state index contributed by atoms with van der Waals surface area (Å²) in [5.74, 6) is 0.905. The maximum atomic E-state index is 11.7. The molecule has 1 aliphatic carbocycles. The largest absolute Gasteiger partial charge is 0.490 e. The van der Waals surface area contributed by atoms with Gasteiger partial charge in [-0.15, -0.1) is 0 Å². The molecule has 0 radical (unpaired) electrons. The Bertz CT molecular complexity index is 610. The van der Waals surface area contributed by atoms with Gasteiger partial charge >= 0.3 is 5.70 Å². The lowest BCUT2D eigenvalue weighted by atomic mass is 9.93. The second-order valence-corrected chi connectivity index (χ2v) is 6.38. The predicted octanol–water partition coefficient (Wildman–Crippen LogP) is 0.766. The van der Waals surface area contributed by atoms with Crippen molar-refractivity contribution in [3.8, 4) is 0 Å². The van der Waals surface area contributed by atoms with Gasteiger partial charge in [0.1, 0.15) is 11.8 Å². The van der Waals surface area contributed by atoms with E-state index in [1.165, 1.54) is 7.11 Å². The summed E-state index contributed by atoms with van der Waals surface area (Å²) >= 11 is 0. The number of morpholine rings is 1. The van der Waals surface area contributed by atoms with Crippen molar-refractivity contribution in [2.24, 2.45) is 10.9 Å². The highest BCUT2D eigenvalue weighted by molar-refractivity contribution is 5.88. The summed E-state index contributed by atoms with van der Waals surface area (Å²) < 4.78 is 16.5. The van der Waals surface area contributed by atoms with Crippen LogP contribution in [0.2, 0.25) is 0 Å². The topological polar surface area (TPSA) is 98.5 Å². The molecule has 0 saturated carbocycles. The lowest BCUT2D eigenvalue weighted by Gasteiger charge is -2.26. The molecule has 0 aromatic heterocycles. The molecule has 144 valence electrons. The van der Waals surface area contributed by atoms with Crippen LogP contribution in [-0.4, -0.2) is 75.3 Å². The normalized spacial score (nSPS) is 24.0. The maximum absolute atomic E-state index is 11.7. The molecule has 1 N–H and O–H groups in total. The molecule has 0 aromatic carbocycles. The molecule has 1 saturated heterocycles. The summed E-state index contributed by atoms with van der Waals surface area (Å²) in [5.41, 5.74) is 0.0197. The molecule has 1 fully saturated rings. The van der Waals surface area contributed by atoms with Crippen LogP contribution >= 0.6 is 0 Å². The van der Waals surface area contributed by atoms with E-state index < -0.39 is 5.92 Å². The summed E-state index contributed by atoms with van der Waals surface area (Å²) in [5, 5.41) is 14.8. The van der Waals surface area contributed by atoms with E-state index in [1.807, 2.05) is 6.08 Å². The summed E-state index contributed by atoms with van der Waals surface area (Å²) in [6, 6.07) is 0. The molecule has 26 heavy (non-hydrogen) atoms. The number of hydrogen-bond donors (Lipinski definition) is 1. The molecule has 2 aliphatic heterocycles. The predicted molar refractivity (Wildman–Crippen MR) is 95.4 cm³/mol. The summed E-state index contributed by atoms with van der Waals surface area (Å²) in [6.45, 7) is 6.20. The van der Waals surface area contributed by atoms with E-state index in [-0.39, 0.29) is 16.4 Å². The highest BCUT2D eigenvalue weighted by atomic mass is 16.6. The minimum atomic E-state index is -0.414. The number of ether oxygens (including phenoxy) is 3. The van der Waals surface area contributed by atoms with Crippen LogP contribution in [0.1, 0.15) is 12.8 Å². The van der Waals surface area contributed by atoms with Gasteiger partial charge in [0, 0.05) is 26.2 Å². The quantitative estimate of drug-likeness (QED) is 0.385. The summed E-state index contributed by atoms with van der Waals surface area (Å²) in [4.78, 5) is 17.9. The second kappa shape index (κ2) is 9.00. The van der Waals surface area contributed by atoms with Gasteiger partial charge < -0.3 is 19.5 Å². The van der Waals surface area contributed by atoms with E-state index >= 15 is 0 Å². The number of nitrogens with zero attached hydrogens (tertiary/aromatic N) is 3. The maximum Gasteiger partial charge on any atom is 0.302 e. The van der Waals surface area contributed by atoms with E-state index in [1.54, 1.807) is 0 Å². The molecular formula is C17H26N4O5. The van der Waals surface area contributed by atoms with Crippen LogP contribution < -0.4 is 5.32 Å². The average Bonchev–Trinajstić information content (AvgIpc) is 3.19. The Balaban J connectivity index is 1.60. The Hall–Kier alpha value is -2.13. The molecule has 0 spiro atoms. The van der Waals surface area contributed by atoms with Crippen molar-refractivity contribution in [1.29, 1.82) is 0 Å². The van der Waals surface area contributed by atoms with Crippen LogP contribution in [-0.2, 0) is 14.2 Å². The lowest BCUT2D eigenvalue weighted by Crippen LogP contribution is -2.37. The molecule has 2 heterocycles. The average molecular weight is 366 g/mol. The monoisotopic (exact) mass is 366 g/mol. The zero-order valence-electron chi connectivity index (χ0n) is 15.1. The fourth-order valence-electron chi connectivity index (χ4n) is 3.44. The Labute approximate surface area is 152 Å². The van der Waals surface area contributed by atoms with Crippen LogP contribution in [0.15, 0.2) is 28.3 Å². The minimum Gasteiger partial charge on any atom is -0.490 e. The SMILES string of the molecule is COC1=C([N+](=O)[O-])C(C2=NCCN2)CC=C1OCCCN1CCOCC1. The number of rotatable bonds is 8. The van der Waals surface area contributed by atoms with Crippen LogP contribution in [0.5, 0.6) is 0 Å². The third-order valence-corrected chi connectivity index (χ3v) is 4.74. The van der Waals surface area contributed by atoms with Crippen LogP contribution in [0.25, 0.3) is 0 Å². The van der Waals surface area contributed by atoms with Gasteiger partial charge in [-0.2, -0.15) is 0 Å². The van der Waals surface area contributed by atoms with Gasteiger partial charge in [0.25, 0.3) is 0 Å². The number of amidine groups is 1. The van der Waals surface area contributed by atoms with Gasteiger partial charge in [0.15, 0.2) is 5.76 Å². The van der Waals surface area contributed by atoms with Crippen molar-refractivity contribution >= 4 is 5.84 Å². The molecule has 1 unspecified atom stereocenters. The number of methoxy groups -OCH3 is 1. The van der Waals surface area contributed by atoms with Gasteiger partial charge in [-0.05, 0) is 18.9 Å². The third-order valence-electron chi connectivity index (χ3n) is 4.74. The van der Waals surface area contributed by atoms with Crippen molar-refractivity contribution in [1.82, 2.24) is 10.2 Å². The number of nitro groups is 1. The zero-order chi connectivity index (χ0) is 18.4. The first-order chi connectivity index (χ1) is 12.7. The first-order valence-electron chi connectivity index (χ1n) is 9.05. The van der Waals surface area contributed by atoms with Crippen molar-refractivity contribution in [2.45, 2.75) is 12.8 Å². The van der Waals surface area contributed by atoms with Gasteiger partial charge in [-0.1, -0.05) is 0 Å². The molecule has 0 bridgehead atoms. The number of aliphatic imine (C=N–C) groups is 1. The first-order valence-corrected chi connectivity index (χ1v) is 9.05. The molecule has 3 aliphatic rings. The third kappa shape index (κ3) is 4.34.